The van der Waals surface area contributed by atoms with Crippen molar-refractivity contribution < 1.29 is 14.3 Å². The smallest absolute Gasteiger partial charge is 0.261 e. The van der Waals surface area contributed by atoms with Crippen LogP contribution in [0.5, 0.6) is 5.75 Å². The van der Waals surface area contributed by atoms with Crippen LogP contribution in [-0.2, 0) is 21.5 Å². The van der Waals surface area contributed by atoms with E-state index in [9.17, 15) is 9.59 Å². The number of nitrogens with one attached hydrogen (secondary N) is 1. The Bertz CT molecular complexity index is 908. The average Bonchev–Trinajstić information content (AvgIpc) is 2.71. The van der Waals surface area contributed by atoms with E-state index in [1.54, 1.807) is 11.8 Å². The van der Waals surface area contributed by atoms with Gasteiger partial charge in [0.05, 0.1) is 4.47 Å². The van der Waals surface area contributed by atoms with Gasteiger partial charge in [-0.1, -0.05) is 54.9 Å². The molecule has 0 unspecified atom stereocenters. The van der Waals surface area contributed by atoms with Crippen molar-refractivity contribution in [1.82, 2.24) is 10.2 Å². The molecule has 0 aliphatic carbocycles. The summed E-state index contributed by atoms with van der Waals surface area (Å²) >= 11 is 6.96. The fourth-order valence-corrected chi connectivity index (χ4v) is 3.76. The summed E-state index contributed by atoms with van der Waals surface area (Å²) in [5.74, 6) is 0.146. The fourth-order valence-electron chi connectivity index (χ4n) is 3.00. The molecule has 0 heterocycles. The average molecular weight is 554 g/mol. The molecule has 0 aliphatic rings. The maximum absolute atomic E-state index is 13.1. The van der Waals surface area contributed by atoms with Crippen molar-refractivity contribution in [2.45, 2.75) is 52.6 Å². The topological polar surface area (TPSA) is 58.6 Å². The molecule has 1 atom stereocenters. The number of carbonyl (C=O) groups excluding carboxylic acids is 2. The zero-order valence-electron chi connectivity index (χ0n) is 18.7. The van der Waals surface area contributed by atoms with E-state index < -0.39 is 6.04 Å². The van der Waals surface area contributed by atoms with Gasteiger partial charge in [-0.25, -0.2) is 0 Å². The largest absolute Gasteiger partial charge is 0.483 e. The van der Waals surface area contributed by atoms with E-state index in [-0.39, 0.29) is 23.8 Å². The number of hydrogen-bond donors (Lipinski definition) is 1. The van der Waals surface area contributed by atoms with Gasteiger partial charge in [-0.15, -0.1) is 0 Å². The molecule has 2 amide bonds. The van der Waals surface area contributed by atoms with Gasteiger partial charge < -0.3 is 15.0 Å². The van der Waals surface area contributed by atoms with Gasteiger partial charge in [0.15, 0.2) is 6.61 Å². The van der Waals surface area contributed by atoms with Crippen molar-refractivity contribution in [3.8, 4) is 5.75 Å². The predicted octanol–water partition coefficient (Wildman–Crippen LogP) is 5.44. The van der Waals surface area contributed by atoms with Crippen molar-refractivity contribution >= 4 is 43.7 Å². The summed E-state index contributed by atoms with van der Waals surface area (Å²) in [4.78, 5) is 27.1. The molecule has 168 valence electrons. The molecule has 0 fully saturated rings. The monoisotopic (exact) mass is 552 g/mol. The zero-order chi connectivity index (χ0) is 23.2. The van der Waals surface area contributed by atoms with Crippen molar-refractivity contribution in [2.24, 2.45) is 0 Å². The Morgan fingerprint density at radius 1 is 1.10 bits per heavy atom. The molecule has 7 heteroatoms. The number of benzene rings is 2. The normalized spacial score (nSPS) is 12.2. The summed E-state index contributed by atoms with van der Waals surface area (Å²) in [6.07, 6.45) is 0. The summed E-state index contributed by atoms with van der Waals surface area (Å²) < 4.78 is 7.57. The van der Waals surface area contributed by atoms with Crippen molar-refractivity contribution in [1.29, 1.82) is 0 Å². The van der Waals surface area contributed by atoms with E-state index in [2.05, 4.69) is 57.9 Å². The minimum absolute atomic E-state index is 0.0143. The van der Waals surface area contributed by atoms with Gasteiger partial charge in [0.1, 0.15) is 11.8 Å². The van der Waals surface area contributed by atoms with Gasteiger partial charge in [0.2, 0.25) is 5.91 Å². The standard InChI is InChI=1S/C24H30Br2N2O3/c1-6-27-23(30)16(2)28(14-17-7-10-19(25)11-8-17)22(29)15-31-21-12-9-18(13-20(21)26)24(3,4)5/h7-13,16H,6,14-15H2,1-5H3,(H,27,30)/t16-/m0/s1. The van der Waals surface area contributed by atoms with Crippen LogP contribution in [0.1, 0.15) is 45.7 Å². The van der Waals surface area contributed by atoms with Crippen LogP contribution in [0.15, 0.2) is 51.4 Å². The first-order chi connectivity index (χ1) is 14.5. The first kappa shape index (κ1) is 25.4. The molecule has 0 saturated carbocycles. The third-order valence-corrected chi connectivity index (χ3v) is 6.08. The Morgan fingerprint density at radius 2 is 1.74 bits per heavy atom. The molecule has 2 aromatic rings. The number of hydrogen-bond acceptors (Lipinski definition) is 3. The molecule has 0 aliphatic heterocycles. The third kappa shape index (κ3) is 7.35. The lowest BCUT2D eigenvalue weighted by Gasteiger charge is -2.28. The second kappa shape index (κ2) is 11.1. The summed E-state index contributed by atoms with van der Waals surface area (Å²) in [6, 6.07) is 12.9. The first-order valence-electron chi connectivity index (χ1n) is 10.3. The lowest BCUT2D eigenvalue weighted by atomic mass is 9.87. The molecule has 0 spiro atoms. The second-order valence-corrected chi connectivity index (χ2v) is 10.2. The number of ether oxygens (including phenoxy) is 1. The lowest BCUT2D eigenvalue weighted by molar-refractivity contribution is -0.142. The lowest BCUT2D eigenvalue weighted by Crippen LogP contribution is -2.49. The Hall–Kier alpha value is -1.86. The third-order valence-electron chi connectivity index (χ3n) is 4.93. The SMILES string of the molecule is CCNC(=O)[C@H](C)N(Cc1ccc(Br)cc1)C(=O)COc1ccc(C(C)(C)C)cc1Br. The van der Waals surface area contributed by atoms with E-state index in [1.807, 2.05) is 49.4 Å². The van der Waals surface area contributed by atoms with Gasteiger partial charge in [-0.3, -0.25) is 9.59 Å². The van der Waals surface area contributed by atoms with Crippen LogP contribution < -0.4 is 10.1 Å². The quantitative estimate of drug-likeness (QED) is 0.473. The molecule has 5 nitrogen and oxygen atoms in total. The Kier molecular flexibility index (Phi) is 9.13. The number of nitrogens with zero attached hydrogens (tertiary/aromatic N) is 1. The van der Waals surface area contributed by atoms with Crippen molar-refractivity contribution in [2.75, 3.05) is 13.2 Å². The minimum Gasteiger partial charge on any atom is -0.483 e. The van der Waals surface area contributed by atoms with Crippen LogP contribution in [-0.4, -0.2) is 35.9 Å². The van der Waals surface area contributed by atoms with Crippen LogP contribution in [0.3, 0.4) is 0 Å². The predicted molar refractivity (Wildman–Crippen MR) is 131 cm³/mol. The maximum Gasteiger partial charge on any atom is 0.261 e. The van der Waals surface area contributed by atoms with Gasteiger partial charge in [0, 0.05) is 17.6 Å². The van der Waals surface area contributed by atoms with E-state index in [4.69, 9.17) is 4.74 Å². The van der Waals surface area contributed by atoms with Crippen LogP contribution in [0, 0.1) is 0 Å². The summed E-state index contributed by atoms with van der Waals surface area (Å²) in [5.41, 5.74) is 2.11. The summed E-state index contributed by atoms with van der Waals surface area (Å²) in [5, 5.41) is 2.79. The minimum atomic E-state index is -0.619. The number of likely N-dealkylation sites (N-methyl/N-ethyl adjacent to an activating group) is 1. The van der Waals surface area contributed by atoms with Crippen LogP contribution in [0.2, 0.25) is 0 Å². The second-order valence-electron chi connectivity index (χ2n) is 8.40. The number of rotatable bonds is 8. The molecular formula is C24H30Br2N2O3. The fraction of sp³-hybridized carbons (Fsp3) is 0.417. The summed E-state index contributed by atoms with van der Waals surface area (Å²) in [6.45, 7) is 10.7. The van der Waals surface area contributed by atoms with Crippen LogP contribution in [0.25, 0.3) is 0 Å². The van der Waals surface area contributed by atoms with Gasteiger partial charge >= 0.3 is 0 Å². The molecule has 0 saturated heterocycles. The molecule has 0 radical (unpaired) electrons. The van der Waals surface area contributed by atoms with Gasteiger partial charge in [-0.2, -0.15) is 0 Å². The van der Waals surface area contributed by atoms with Crippen LogP contribution >= 0.6 is 31.9 Å². The van der Waals surface area contributed by atoms with E-state index in [0.717, 1.165) is 14.5 Å². The maximum atomic E-state index is 13.1. The Balaban J connectivity index is 2.16. The molecule has 0 bridgehead atoms. The van der Waals surface area contributed by atoms with Crippen molar-refractivity contribution in [3.63, 3.8) is 0 Å². The molecular weight excluding hydrogens is 524 g/mol. The number of halogens is 2. The van der Waals surface area contributed by atoms with E-state index in [0.29, 0.717) is 18.8 Å². The molecule has 1 N–H and O–H groups in total. The highest BCUT2D eigenvalue weighted by atomic mass is 79.9. The van der Waals surface area contributed by atoms with E-state index >= 15 is 0 Å². The first-order valence-corrected chi connectivity index (χ1v) is 11.9. The molecule has 31 heavy (non-hydrogen) atoms. The zero-order valence-corrected chi connectivity index (χ0v) is 21.8. The summed E-state index contributed by atoms with van der Waals surface area (Å²) in [7, 11) is 0. The van der Waals surface area contributed by atoms with Gasteiger partial charge in [-0.05, 0) is 70.6 Å². The molecule has 2 rings (SSSR count). The molecule has 2 aromatic carbocycles. The van der Waals surface area contributed by atoms with Crippen LogP contribution in [0.4, 0.5) is 0 Å². The highest BCUT2D eigenvalue weighted by molar-refractivity contribution is 9.10. The van der Waals surface area contributed by atoms with E-state index in [1.165, 1.54) is 5.56 Å². The highest BCUT2D eigenvalue weighted by Crippen LogP contribution is 2.31. The number of amides is 2. The molecule has 0 aromatic heterocycles. The van der Waals surface area contributed by atoms with Gasteiger partial charge in [0.25, 0.3) is 5.91 Å². The Labute approximate surface area is 201 Å². The van der Waals surface area contributed by atoms with Crippen molar-refractivity contribution in [3.05, 3.63) is 62.5 Å². The Morgan fingerprint density at radius 3 is 2.29 bits per heavy atom. The number of carbonyl (C=O) groups is 2. The highest BCUT2D eigenvalue weighted by Gasteiger charge is 2.26.